The number of fused-ring (bicyclic) bond motifs is 1. The van der Waals surface area contributed by atoms with E-state index in [0.717, 1.165) is 37.0 Å². The van der Waals surface area contributed by atoms with Crippen LogP contribution >= 0.6 is 0 Å². The summed E-state index contributed by atoms with van der Waals surface area (Å²) in [5, 5.41) is 15.3. The molecule has 0 atom stereocenters. The van der Waals surface area contributed by atoms with Crippen LogP contribution in [-0.2, 0) is 6.42 Å². The molecule has 2 amide bonds. The van der Waals surface area contributed by atoms with E-state index >= 15 is 0 Å². The van der Waals surface area contributed by atoms with E-state index in [0.29, 0.717) is 13.0 Å². The molecule has 3 rings (SSSR count). The smallest absolute Gasteiger partial charge is 0.315 e. The Hall–Kier alpha value is -2.08. The van der Waals surface area contributed by atoms with Crippen LogP contribution in [0.25, 0.3) is 5.65 Å². The van der Waals surface area contributed by atoms with E-state index in [1.165, 1.54) is 0 Å². The van der Waals surface area contributed by atoms with E-state index in [-0.39, 0.29) is 18.2 Å². The van der Waals surface area contributed by atoms with Crippen LogP contribution in [0.5, 0.6) is 0 Å². The van der Waals surface area contributed by atoms with Crippen molar-refractivity contribution in [1.29, 1.82) is 0 Å². The molecular weight excluding hydrogens is 280 g/mol. The first kappa shape index (κ1) is 14.8. The first-order chi connectivity index (χ1) is 10.7. The summed E-state index contributed by atoms with van der Waals surface area (Å²) in [6, 6.07) is 5.93. The quantitative estimate of drug-likeness (QED) is 0.800. The van der Waals surface area contributed by atoms with E-state index in [9.17, 15) is 9.90 Å². The van der Waals surface area contributed by atoms with Gasteiger partial charge in [-0.1, -0.05) is 6.07 Å². The standard InChI is InChI=1S/C16H22N4O2/c21-14-6-4-12(5-7-14)19-16(22)17-9-8-13-11-20-10-2-1-3-15(20)18-13/h1-3,10-12,14,21H,4-9H2,(H2,17,19,22). The molecule has 0 saturated heterocycles. The summed E-state index contributed by atoms with van der Waals surface area (Å²) in [4.78, 5) is 16.3. The first-order valence-corrected chi connectivity index (χ1v) is 7.86. The predicted octanol–water partition coefficient (Wildman–Crippen LogP) is 1.48. The Bertz CT molecular complexity index is 599. The topological polar surface area (TPSA) is 78.7 Å². The number of nitrogens with zero attached hydrogens (tertiary/aromatic N) is 2. The Kier molecular flexibility index (Phi) is 4.58. The number of pyridine rings is 1. The molecule has 0 bridgehead atoms. The number of aromatic nitrogens is 2. The molecule has 6 heteroatoms. The van der Waals surface area contributed by atoms with Crippen LogP contribution in [0.3, 0.4) is 0 Å². The third kappa shape index (κ3) is 3.76. The number of carbonyl (C=O) groups excluding carboxylic acids is 1. The molecule has 2 aromatic rings. The number of amides is 2. The van der Waals surface area contributed by atoms with Gasteiger partial charge in [-0.25, -0.2) is 9.78 Å². The zero-order chi connectivity index (χ0) is 15.4. The molecule has 2 aromatic heterocycles. The van der Waals surface area contributed by atoms with Crippen molar-refractivity contribution >= 4 is 11.7 Å². The van der Waals surface area contributed by atoms with E-state index in [1.54, 1.807) is 0 Å². The minimum atomic E-state index is -0.198. The minimum Gasteiger partial charge on any atom is -0.393 e. The zero-order valence-electron chi connectivity index (χ0n) is 12.5. The number of carbonyl (C=O) groups is 1. The van der Waals surface area contributed by atoms with Crippen molar-refractivity contribution in [2.24, 2.45) is 0 Å². The van der Waals surface area contributed by atoms with Gasteiger partial charge < -0.3 is 20.1 Å². The van der Waals surface area contributed by atoms with E-state index in [2.05, 4.69) is 15.6 Å². The van der Waals surface area contributed by atoms with Crippen LogP contribution in [-0.4, -0.2) is 39.2 Å². The highest BCUT2D eigenvalue weighted by Gasteiger charge is 2.20. The molecule has 1 aliphatic carbocycles. The van der Waals surface area contributed by atoms with Gasteiger partial charge in [0.25, 0.3) is 0 Å². The number of urea groups is 1. The van der Waals surface area contributed by atoms with Crippen LogP contribution in [0.1, 0.15) is 31.4 Å². The fourth-order valence-electron chi connectivity index (χ4n) is 2.87. The third-order valence-corrected chi connectivity index (χ3v) is 4.11. The van der Waals surface area contributed by atoms with E-state index < -0.39 is 0 Å². The lowest BCUT2D eigenvalue weighted by molar-refractivity contribution is 0.117. The van der Waals surface area contributed by atoms with Gasteiger partial charge in [-0.3, -0.25) is 0 Å². The van der Waals surface area contributed by atoms with Crippen LogP contribution < -0.4 is 10.6 Å². The fourth-order valence-corrected chi connectivity index (χ4v) is 2.87. The second-order valence-electron chi connectivity index (χ2n) is 5.85. The van der Waals surface area contributed by atoms with Gasteiger partial charge in [0.1, 0.15) is 5.65 Å². The molecule has 6 nitrogen and oxygen atoms in total. The third-order valence-electron chi connectivity index (χ3n) is 4.11. The van der Waals surface area contributed by atoms with Gasteiger partial charge in [-0.15, -0.1) is 0 Å². The van der Waals surface area contributed by atoms with Gasteiger partial charge >= 0.3 is 6.03 Å². The van der Waals surface area contributed by atoms with Gasteiger partial charge in [0, 0.05) is 31.4 Å². The van der Waals surface area contributed by atoms with Crippen molar-refractivity contribution in [3.8, 4) is 0 Å². The SMILES string of the molecule is O=C(NCCc1cn2ccccc2n1)NC1CCC(O)CC1. The molecular formula is C16H22N4O2. The fraction of sp³-hybridized carbons (Fsp3) is 0.500. The number of imidazole rings is 1. The lowest BCUT2D eigenvalue weighted by Gasteiger charge is -2.26. The minimum absolute atomic E-state index is 0.134. The Morgan fingerprint density at radius 3 is 2.91 bits per heavy atom. The highest BCUT2D eigenvalue weighted by Crippen LogP contribution is 2.18. The molecule has 1 aliphatic rings. The van der Waals surface area contributed by atoms with Crippen molar-refractivity contribution in [3.05, 3.63) is 36.3 Å². The normalized spacial score (nSPS) is 21.7. The van der Waals surface area contributed by atoms with Crippen molar-refractivity contribution < 1.29 is 9.90 Å². The second-order valence-corrected chi connectivity index (χ2v) is 5.85. The number of rotatable bonds is 4. The van der Waals surface area contributed by atoms with E-state index in [1.807, 2.05) is 35.0 Å². The number of hydrogen-bond donors (Lipinski definition) is 3. The molecule has 1 saturated carbocycles. The predicted molar refractivity (Wildman–Crippen MR) is 83.7 cm³/mol. The zero-order valence-corrected chi connectivity index (χ0v) is 12.5. The number of aliphatic hydroxyl groups is 1. The van der Waals surface area contributed by atoms with Gasteiger partial charge in [-0.2, -0.15) is 0 Å². The van der Waals surface area contributed by atoms with Crippen molar-refractivity contribution in [3.63, 3.8) is 0 Å². The van der Waals surface area contributed by atoms with Gasteiger partial charge in [0.2, 0.25) is 0 Å². The van der Waals surface area contributed by atoms with Crippen LogP contribution in [0.4, 0.5) is 4.79 Å². The monoisotopic (exact) mass is 302 g/mol. The molecule has 3 N–H and O–H groups in total. The summed E-state index contributed by atoms with van der Waals surface area (Å²) in [7, 11) is 0. The summed E-state index contributed by atoms with van der Waals surface area (Å²) >= 11 is 0. The molecule has 0 aromatic carbocycles. The summed E-state index contributed by atoms with van der Waals surface area (Å²) < 4.78 is 1.97. The Labute approximate surface area is 129 Å². The van der Waals surface area contributed by atoms with Crippen molar-refractivity contribution in [2.45, 2.75) is 44.2 Å². The lowest BCUT2D eigenvalue weighted by atomic mass is 9.93. The highest BCUT2D eigenvalue weighted by molar-refractivity contribution is 5.74. The van der Waals surface area contributed by atoms with Gasteiger partial charge in [0.05, 0.1) is 11.8 Å². The average molecular weight is 302 g/mol. The Morgan fingerprint density at radius 1 is 1.32 bits per heavy atom. The number of hydrogen-bond acceptors (Lipinski definition) is 3. The largest absolute Gasteiger partial charge is 0.393 e. The van der Waals surface area contributed by atoms with Crippen LogP contribution in [0.2, 0.25) is 0 Å². The molecule has 0 spiro atoms. The Balaban J connectivity index is 1.41. The lowest BCUT2D eigenvalue weighted by Crippen LogP contribution is -2.44. The summed E-state index contributed by atoms with van der Waals surface area (Å²) in [5.41, 5.74) is 1.88. The van der Waals surface area contributed by atoms with Crippen molar-refractivity contribution in [2.75, 3.05) is 6.54 Å². The maximum Gasteiger partial charge on any atom is 0.315 e. The molecule has 1 fully saturated rings. The van der Waals surface area contributed by atoms with E-state index in [4.69, 9.17) is 0 Å². The van der Waals surface area contributed by atoms with Crippen molar-refractivity contribution in [1.82, 2.24) is 20.0 Å². The number of nitrogens with one attached hydrogen (secondary N) is 2. The van der Waals surface area contributed by atoms with Gasteiger partial charge in [-0.05, 0) is 37.8 Å². The number of aliphatic hydroxyl groups excluding tert-OH is 1. The van der Waals surface area contributed by atoms with Crippen LogP contribution in [0, 0.1) is 0 Å². The van der Waals surface area contributed by atoms with Gasteiger partial charge in [0.15, 0.2) is 0 Å². The molecule has 0 aliphatic heterocycles. The molecule has 0 unspecified atom stereocenters. The van der Waals surface area contributed by atoms with Crippen LogP contribution in [0.15, 0.2) is 30.6 Å². The summed E-state index contributed by atoms with van der Waals surface area (Å²) in [5.74, 6) is 0. The molecule has 22 heavy (non-hydrogen) atoms. The maximum absolute atomic E-state index is 11.8. The summed E-state index contributed by atoms with van der Waals surface area (Å²) in [6.07, 6.45) is 7.69. The average Bonchev–Trinajstić information content (AvgIpc) is 2.92. The Morgan fingerprint density at radius 2 is 2.14 bits per heavy atom. The molecule has 0 radical (unpaired) electrons. The maximum atomic E-state index is 11.8. The first-order valence-electron chi connectivity index (χ1n) is 7.86. The second kappa shape index (κ2) is 6.79. The molecule has 2 heterocycles. The summed E-state index contributed by atoms with van der Waals surface area (Å²) in [6.45, 7) is 0.561. The molecule has 118 valence electrons. The highest BCUT2D eigenvalue weighted by atomic mass is 16.3.